The van der Waals surface area contributed by atoms with E-state index in [1.165, 1.54) is 42.2 Å². The topological polar surface area (TPSA) is 115 Å². The number of ketones is 1. The molecular formula is C32H24FN3O6S2. The standard InChI is InChI=1S/C32H24FN3O6S2/c1-40-25-16-20(13-14-23(25)42-17-19-8-3-2-4-9-19)27-26(28(37)24-12-7-15-41-24)29(38)30(39)36(27)31-34-35-32(44-31)43-18-21-10-5-6-11-22(21)33/h2-16,27,38H,17-18H2,1H3. The fraction of sp³-hybridized carbons (Fsp3) is 0.125. The molecule has 1 aliphatic rings. The number of carbonyl (C=O) groups is 2. The van der Waals surface area contributed by atoms with Gasteiger partial charge in [0.2, 0.25) is 10.9 Å². The number of aromatic nitrogens is 2. The predicted octanol–water partition coefficient (Wildman–Crippen LogP) is 6.93. The van der Waals surface area contributed by atoms with Gasteiger partial charge in [0.05, 0.1) is 25.0 Å². The molecule has 0 aliphatic carbocycles. The van der Waals surface area contributed by atoms with Crippen LogP contribution in [0.2, 0.25) is 0 Å². The van der Waals surface area contributed by atoms with Gasteiger partial charge in [0.25, 0.3) is 5.91 Å². The normalized spacial score (nSPS) is 14.7. The fourth-order valence-electron chi connectivity index (χ4n) is 4.71. The molecule has 1 N–H and O–H groups in total. The molecule has 3 heterocycles. The van der Waals surface area contributed by atoms with Gasteiger partial charge in [-0.25, -0.2) is 4.39 Å². The van der Waals surface area contributed by atoms with Gasteiger partial charge in [-0.1, -0.05) is 77.7 Å². The molecule has 12 heteroatoms. The molecular weight excluding hydrogens is 605 g/mol. The van der Waals surface area contributed by atoms with E-state index in [1.807, 2.05) is 30.3 Å². The lowest BCUT2D eigenvalue weighted by Gasteiger charge is -2.24. The summed E-state index contributed by atoms with van der Waals surface area (Å²) >= 11 is 2.34. The lowest BCUT2D eigenvalue weighted by Crippen LogP contribution is -2.31. The summed E-state index contributed by atoms with van der Waals surface area (Å²) in [5, 5.41) is 19.6. The third-order valence-electron chi connectivity index (χ3n) is 6.85. The Bertz CT molecular complexity index is 1840. The highest BCUT2D eigenvalue weighted by molar-refractivity contribution is 8.00. The number of hydrogen-bond donors (Lipinski definition) is 1. The Morgan fingerprint density at radius 3 is 2.59 bits per heavy atom. The van der Waals surface area contributed by atoms with Gasteiger partial charge in [-0.05, 0) is 47.0 Å². The Balaban J connectivity index is 1.34. The van der Waals surface area contributed by atoms with Crippen LogP contribution in [0, 0.1) is 5.82 Å². The SMILES string of the molecule is COc1cc(C2C(C(=O)c3ccco3)=C(O)C(=O)N2c2nnc(SCc3ccccc3F)s2)ccc1OCc1ccccc1. The minimum absolute atomic E-state index is 0.0422. The van der Waals surface area contributed by atoms with Crippen molar-refractivity contribution in [1.29, 1.82) is 0 Å². The van der Waals surface area contributed by atoms with Gasteiger partial charge < -0.3 is 19.0 Å². The van der Waals surface area contributed by atoms with Crippen molar-refractivity contribution in [3.63, 3.8) is 0 Å². The predicted molar refractivity (Wildman–Crippen MR) is 163 cm³/mol. The highest BCUT2D eigenvalue weighted by Gasteiger charge is 2.47. The number of nitrogens with zero attached hydrogens (tertiary/aromatic N) is 3. The zero-order valence-corrected chi connectivity index (χ0v) is 24.8. The molecule has 0 fully saturated rings. The number of halogens is 1. The van der Waals surface area contributed by atoms with E-state index in [0.717, 1.165) is 16.9 Å². The van der Waals surface area contributed by atoms with Crippen molar-refractivity contribution < 1.29 is 33.0 Å². The number of furan rings is 1. The molecule has 1 atom stereocenters. The van der Waals surface area contributed by atoms with Gasteiger partial charge in [0.15, 0.2) is 27.4 Å². The molecule has 44 heavy (non-hydrogen) atoms. The van der Waals surface area contributed by atoms with Gasteiger partial charge >= 0.3 is 0 Å². The number of ether oxygens (including phenoxy) is 2. The first-order chi connectivity index (χ1) is 21.4. The van der Waals surface area contributed by atoms with Crippen molar-refractivity contribution in [2.75, 3.05) is 12.0 Å². The largest absolute Gasteiger partial charge is 0.503 e. The van der Waals surface area contributed by atoms with Crippen molar-refractivity contribution in [2.24, 2.45) is 0 Å². The van der Waals surface area contributed by atoms with Crippen LogP contribution in [0.25, 0.3) is 0 Å². The molecule has 0 radical (unpaired) electrons. The summed E-state index contributed by atoms with van der Waals surface area (Å²) in [6, 6.07) is 23.0. The van der Waals surface area contributed by atoms with Crippen molar-refractivity contribution in [1.82, 2.24) is 10.2 Å². The summed E-state index contributed by atoms with van der Waals surface area (Å²) in [6.07, 6.45) is 1.33. The van der Waals surface area contributed by atoms with Crippen LogP contribution < -0.4 is 14.4 Å². The Kier molecular flexibility index (Phi) is 8.44. The second kappa shape index (κ2) is 12.7. The van der Waals surface area contributed by atoms with E-state index in [0.29, 0.717) is 39.3 Å². The molecule has 6 rings (SSSR count). The van der Waals surface area contributed by atoms with Gasteiger partial charge in [-0.2, -0.15) is 0 Å². The number of methoxy groups -OCH3 is 1. The van der Waals surface area contributed by atoms with Crippen molar-refractivity contribution in [3.8, 4) is 11.5 Å². The van der Waals surface area contributed by atoms with Crippen molar-refractivity contribution >= 4 is 39.9 Å². The molecule has 0 saturated carbocycles. The average molecular weight is 630 g/mol. The molecule has 5 aromatic rings. The lowest BCUT2D eigenvalue weighted by atomic mass is 9.95. The van der Waals surface area contributed by atoms with Gasteiger partial charge in [0.1, 0.15) is 12.4 Å². The van der Waals surface area contributed by atoms with Crippen LogP contribution in [0.3, 0.4) is 0 Å². The Morgan fingerprint density at radius 2 is 1.84 bits per heavy atom. The van der Waals surface area contributed by atoms with E-state index in [9.17, 15) is 19.1 Å². The number of carbonyl (C=O) groups excluding carboxylic acids is 2. The van der Waals surface area contributed by atoms with E-state index >= 15 is 0 Å². The summed E-state index contributed by atoms with van der Waals surface area (Å²) < 4.78 is 31.5. The zero-order chi connectivity index (χ0) is 30.6. The Morgan fingerprint density at radius 1 is 1.05 bits per heavy atom. The highest BCUT2D eigenvalue weighted by Crippen LogP contribution is 2.45. The van der Waals surface area contributed by atoms with E-state index in [-0.39, 0.29) is 22.3 Å². The third-order valence-corrected chi connectivity index (χ3v) is 8.95. The molecule has 0 bridgehead atoms. The molecule has 1 amide bonds. The zero-order valence-electron chi connectivity index (χ0n) is 23.2. The molecule has 222 valence electrons. The van der Waals surface area contributed by atoms with Crippen molar-refractivity contribution in [3.05, 3.63) is 131 Å². The quantitative estimate of drug-likeness (QED) is 0.0943. The first-order valence-corrected chi connectivity index (χ1v) is 15.1. The number of aliphatic hydroxyl groups is 1. The Labute approximate surface area is 259 Å². The molecule has 2 aromatic heterocycles. The second-order valence-electron chi connectivity index (χ2n) is 9.56. The van der Waals surface area contributed by atoms with Gasteiger partial charge in [0, 0.05) is 5.75 Å². The second-order valence-corrected chi connectivity index (χ2v) is 11.7. The number of benzene rings is 3. The number of aliphatic hydroxyl groups excluding tert-OH is 1. The van der Waals surface area contributed by atoms with E-state index in [4.69, 9.17) is 13.9 Å². The molecule has 1 unspecified atom stereocenters. The number of hydrogen-bond acceptors (Lipinski definition) is 10. The number of amides is 1. The number of Topliss-reactive ketones (excluding diaryl/α,β-unsaturated/α-hetero) is 1. The highest BCUT2D eigenvalue weighted by atomic mass is 32.2. The first kappa shape index (κ1) is 29.1. The van der Waals surface area contributed by atoms with Crippen LogP contribution in [-0.4, -0.2) is 34.1 Å². The van der Waals surface area contributed by atoms with Gasteiger partial charge in [-0.3, -0.25) is 14.5 Å². The first-order valence-electron chi connectivity index (χ1n) is 13.3. The molecule has 0 spiro atoms. The van der Waals surface area contributed by atoms with E-state index in [1.54, 1.807) is 42.5 Å². The van der Waals surface area contributed by atoms with Crippen molar-refractivity contribution in [2.45, 2.75) is 22.7 Å². The smallest absolute Gasteiger partial charge is 0.296 e. The van der Waals surface area contributed by atoms with E-state index < -0.39 is 23.5 Å². The summed E-state index contributed by atoms with van der Waals surface area (Å²) in [4.78, 5) is 28.4. The van der Waals surface area contributed by atoms with Crippen LogP contribution in [0.4, 0.5) is 9.52 Å². The number of anilines is 1. The maximum absolute atomic E-state index is 14.1. The lowest BCUT2D eigenvalue weighted by molar-refractivity contribution is -0.117. The van der Waals surface area contributed by atoms with E-state index in [2.05, 4.69) is 10.2 Å². The maximum Gasteiger partial charge on any atom is 0.296 e. The molecule has 3 aromatic carbocycles. The van der Waals surface area contributed by atoms with Crippen LogP contribution >= 0.6 is 23.1 Å². The van der Waals surface area contributed by atoms with Gasteiger partial charge in [-0.15, -0.1) is 10.2 Å². The molecule has 0 saturated heterocycles. The number of thioether (sulfide) groups is 1. The van der Waals surface area contributed by atoms with Crippen LogP contribution in [0.15, 0.2) is 111 Å². The summed E-state index contributed by atoms with van der Waals surface area (Å²) in [6.45, 7) is 0.297. The third kappa shape index (κ3) is 5.81. The van der Waals surface area contributed by atoms with Crippen LogP contribution in [0.5, 0.6) is 11.5 Å². The number of rotatable bonds is 11. The minimum atomic E-state index is -1.09. The molecule has 1 aliphatic heterocycles. The molecule has 9 nitrogen and oxygen atoms in total. The summed E-state index contributed by atoms with van der Waals surface area (Å²) in [7, 11) is 1.48. The van der Waals surface area contributed by atoms with Crippen LogP contribution in [0.1, 0.15) is 33.3 Å². The maximum atomic E-state index is 14.1. The van der Waals surface area contributed by atoms with Crippen LogP contribution in [-0.2, 0) is 17.2 Å². The average Bonchev–Trinajstić information content (AvgIpc) is 3.81. The Hall–Kier alpha value is -4.94. The summed E-state index contributed by atoms with van der Waals surface area (Å²) in [5.74, 6) is -1.47. The minimum Gasteiger partial charge on any atom is -0.503 e. The fourth-order valence-corrected chi connectivity index (χ4v) is 6.57. The monoisotopic (exact) mass is 629 g/mol. The summed E-state index contributed by atoms with van der Waals surface area (Å²) in [5.41, 5.74) is 1.74.